The first-order valence-electron chi connectivity index (χ1n) is 11.1. The average molecular weight is 528 g/mol. The van der Waals surface area contributed by atoms with Gasteiger partial charge in [-0.25, -0.2) is 0 Å². The van der Waals surface area contributed by atoms with Crippen molar-refractivity contribution in [3.63, 3.8) is 0 Å². The van der Waals surface area contributed by atoms with Crippen LogP contribution in [-0.2, 0) is 21.9 Å². The van der Waals surface area contributed by atoms with Gasteiger partial charge in [0.1, 0.15) is 0 Å². The molecule has 2 amide bonds. The molecule has 0 aliphatic rings. The van der Waals surface area contributed by atoms with Crippen molar-refractivity contribution in [2.24, 2.45) is 0 Å². The summed E-state index contributed by atoms with van der Waals surface area (Å²) in [5.74, 6) is -2.44. The zero-order chi connectivity index (χ0) is 27.5. The van der Waals surface area contributed by atoms with E-state index in [4.69, 9.17) is 0 Å². The number of hydrogen-bond acceptors (Lipinski definition) is 2. The van der Waals surface area contributed by atoms with Crippen molar-refractivity contribution in [3.8, 4) is 22.3 Å². The molecule has 2 N–H and O–H groups in total. The summed E-state index contributed by atoms with van der Waals surface area (Å²) in [5.41, 5.74) is -1.22. The minimum atomic E-state index is -4.64. The van der Waals surface area contributed by atoms with Crippen LogP contribution in [0.3, 0.4) is 0 Å². The van der Waals surface area contributed by atoms with E-state index >= 15 is 0 Å². The van der Waals surface area contributed by atoms with E-state index in [1.807, 2.05) is 0 Å². The first kappa shape index (κ1) is 26.5. The highest BCUT2D eigenvalue weighted by Gasteiger charge is 2.32. The molecule has 4 rings (SSSR count). The first-order valence-corrected chi connectivity index (χ1v) is 11.1. The van der Waals surface area contributed by atoms with Gasteiger partial charge in [0.15, 0.2) is 0 Å². The summed E-state index contributed by atoms with van der Waals surface area (Å²) in [7, 11) is 0. The highest BCUT2D eigenvalue weighted by Crippen LogP contribution is 2.37. The van der Waals surface area contributed by atoms with Gasteiger partial charge in [-0.1, -0.05) is 60.7 Å². The van der Waals surface area contributed by atoms with E-state index in [-0.39, 0.29) is 22.5 Å². The number of hydrogen-bond donors (Lipinski definition) is 2. The number of amides is 2. The number of anilines is 2. The van der Waals surface area contributed by atoms with Crippen LogP contribution in [0.25, 0.3) is 22.3 Å². The molecule has 10 heteroatoms. The Kier molecular flexibility index (Phi) is 7.25. The van der Waals surface area contributed by atoms with Crippen LogP contribution >= 0.6 is 0 Å². The second-order valence-electron chi connectivity index (χ2n) is 8.16. The van der Waals surface area contributed by atoms with Crippen LogP contribution in [0.2, 0.25) is 0 Å². The third-order valence-electron chi connectivity index (χ3n) is 5.57. The van der Waals surface area contributed by atoms with Crippen LogP contribution in [0.4, 0.5) is 37.7 Å². The van der Waals surface area contributed by atoms with Crippen LogP contribution in [0, 0.1) is 0 Å². The number of alkyl halides is 6. The standard InChI is InChI=1S/C28H18F6N2O2/c29-27(30,31)19-11-13-23(21(15-19)17-7-3-1-4-8-17)35-25(37)26(38)36-24-14-12-20(28(32,33)34)16-22(24)18-9-5-2-6-10-18/h1-16H,(H,35,37)(H,36,38). The van der Waals surface area contributed by atoms with Gasteiger partial charge >= 0.3 is 24.2 Å². The molecule has 4 nitrogen and oxygen atoms in total. The van der Waals surface area contributed by atoms with Crippen LogP contribution in [0.1, 0.15) is 11.1 Å². The largest absolute Gasteiger partial charge is 0.416 e. The number of carbonyl (C=O) groups excluding carboxylic acids is 2. The predicted octanol–water partition coefficient (Wildman–Crippen LogP) is 7.64. The SMILES string of the molecule is O=C(Nc1ccc(C(F)(F)F)cc1-c1ccccc1)C(=O)Nc1ccc(C(F)(F)F)cc1-c1ccccc1. The molecular formula is C28H18F6N2O2. The van der Waals surface area contributed by atoms with E-state index in [1.165, 1.54) is 0 Å². The normalized spacial score (nSPS) is 11.6. The molecule has 38 heavy (non-hydrogen) atoms. The highest BCUT2D eigenvalue weighted by molar-refractivity contribution is 6.44. The molecule has 0 heterocycles. The number of carbonyl (C=O) groups is 2. The summed E-state index contributed by atoms with van der Waals surface area (Å²) in [6.45, 7) is 0. The quantitative estimate of drug-likeness (QED) is 0.211. The van der Waals surface area contributed by atoms with Crippen molar-refractivity contribution in [2.45, 2.75) is 12.4 Å². The Morgan fingerprint density at radius 2 is 0.842 bits per heavy atom. The first-order chi connectivity index (χ1) is 17.9. The van der Waals surface area contributed by atoms with E-state index in [9.17, 15) is 35.9 Å². The second kappa shape index (κ2) is 10.4. The maximum atomic E-state index is 13.3. The van der Waals surface area contributed by atoms with Gasteiger partial charge in [0.25, 0.3) is 0 Å². The third-order valence-corrected chi connectivity index (χ3v) is 5.57. The lowest BCUT2D eigenvalue weighted by Gasteiger charge is -2.16. The fourth-order valence-corrected chi connectivity index (χ4v) is 3.73. The summed E-state index contributed by atoms with van der Waals surface area (Å²) >= 11 is 0. The van der Waals surface area contributed by atoms with Crippen LogP contribution in [-0.4, -0.2) is 11.8 Å². The van der Waals surface area contributed by atoms with Crippen molar-refractivity contribution in [3.05, 3.63) is 108 Å². The smallest absolute Gasteiger partial charge is 0.317 e. The van der Waals surface area contributed by atoms with Gasteiger partial charge in [-0.2, -0.15) is 26.3 Å². The predicted molar refractivity (Wildman–Crippen MR) is 131 cm³/mol. The molecule has 194 valence electrons. The van der Waals surface area contributed by atoms with Crippen LogP contribution in [0.15, 0.2) is 97.1 Å². The van der Waals surface area contributed by atoms with Gasteiger partial charge in [0.2, 0.25) is 0 Å². The maximum Gasteiger partial charge on any atom is 0.416 e. The Morgan fingerprint density at radius 3 is 1.16 bits per heavy atom. The number of halogens is 6. The van der Waals surface area contributed by atoms with E-state index in [0.717, 1.165) is 36.4 Å². The van der Waals surface area contributed by atoms with Crippen molar-refractivity contribution < 1.29 is 35.9 Å². The molecule has 0 fully saturated rings. The van der Waals surface area contributed by atoms with Gasteiger partial charge in [-0.15, -0.1) is 0 Å². The van der Waals surface area contributed by atoms with E-state index in [0.29, 0.717) is 11.1 Å². The summed E-state index contributed by atoms with van der Waals surface area (Å²) in [6, 6.07) is 21.2. The Labute approximate surface area is 212 Å². The van der Waals surface area contributed by atoms with E-state index in [1.54, 1.807) is 60.7 Å². The Bertz CT molecular complexity index is 1350. The van der Waals surface area contributed by atoms with Gasteiger partial charge in [0, 0.05) is 22.5 Å². The fraction of sp³-hybridized carbons (Fsp3) is 0.0714. The summed E-state index contributed by atoms with van der Waals surface area (Å²) in [4.78, 5) is 25.5. The van der Waals surface area contributed by atoms with Crippen molar-refractivity contribution in [1.29, 1.82) is 0 Å². The van der Waals surface area contributed by atoms with Gasteiger partial charge in [0.05, 0.1) is 11.1 Å². The van der Waals surface area contributed by atoms with Crippen LogP contribution < -0.4 is 10.6 Å². The van der Waals surface area contributed by atoms with E-state index < -0.39 is 35.3 Å². The lowest BCUT2D eigenvalue weighted by Crippen LogP contribution is -2.29. The average Bonchev–Trinajstić information content (AvgIpc) is 2.88. The monoisotopic (exact) mass is 528 g/mol. The molecule has 0 saturated heterocycles. The summed E-state index contributed by atoms with van der Waals surface area (Å²) in [5, 5.41) is 4.61. The van der Waals surface area contributed by atoms with Crippen LogP contribution in [0.5, 0.6) is 0 Å². The van der Waals surface area contributed by atoms with Gasteiger partial charge < -0.3 is 10.6 Å². The van der Waals surface area contributed by atoms with E-state index in [2.05, 4.69) is 10.6 Å². The maximum absolute atomic E-state index is 13.3. The second-order valence-corrected chi connectivity index (χ2v) is 8.16. The van der Waals surface area contributed by atoms with Gasteiger partial charge in [-0.3, -0.25) is 9.59 Å². The Hall–Kier alpha value is -4.60. The molecule has 0 aromatic heterocycles. The lowest BCUT2D eigenvalue weighted by molar-refractivity contribution is -0.138. The zero-order valence-electron chi connectivity index (χ0n) is 19.3. The molecule has 0 aliphatic heterocycles. The summed E-state index contributed by atoms with van der Waals surface area (Å²) in [6.07, 6.45) is -9.28. The number of rotatable bonds is 4. The molecule has 0 radical (unpaired) electrons. The van der Waals surface area contributed by atoms with Crippen molar-refractivity contribution in [2.75, 3.05) is 10.6 Å². The topological polar surface area (TPSA) is 58.2 Å². The molecule has 0 bridgehead atoms. The molecule has 4 aromatic rings. The molecule has 0 aliphatic carbocycles. The van der Waals surface area contributed by atoms with Crippen molar-refractivity contribution >= 4 is 23.2 Å². The summed E-state index contributed by atoms with van der Waals surface area (Å²) < 4.78 is 79.8. The minimum absolute atomic E-state index is 0.0288. The minimum Gasteiger partial charge on any atom is -0.317 e. The Balaban J connectivity index is 1.64. The Morgan fingerprint density at radius 1 is 0.500 bits per heavy atom. The molecule has 0 atom stereocenters. The third kappa shape index (κ3) is 6.03. The zero-order valence-corrected chi connectivity index (χ0v) is 19.3. The highest BCUT2D eigenvalue weighted by atomic mass is 19.4. The fourth-order valence-electron chi connectivity index (χ4n) is 3.73. The molecular weight excluding hydrogens is 510 g/mol. The molecule has 0 unspecified atom stereocenters. The molecule has 0 spiro atoms. The van der Waals surface area contributed by atoms with Crippen molar-refractivity contribution in [1.82, 2.24) is 0 Å². The number of nitrogens with one attached hydrogen (secondary N) is 2. The lowest BCUT2D eigenvalue weighted by atomic mass is 10.00. The number of benzene rings is 4. The molecule has 0 saturated carbocycles. The van der Waals surface area contributed by atoms with Gasteiger partial charge in [-0.05, 0) is 47.5 Å². The molecule has 4 aromatic carbocycles.